The van der Waals surface area contributed by atoms with Gasteiger partial charge in [-0.05, 0) is 55.4 Å². The van der Waals surface area contributed by atoms with E-state index in [0.717, 1.165) is 18.8 Å². The zero-order valence-electron chi connectivity index (χ0n) is 11.0. The highest BCUT2D eigenvalue weighted by molar-refractivity contribution is 5.94. The summed E-state index contributed by atoms with van der Waals surface area (Å²) in [6.45, 7) is 4.53. The van der Waals surface area contributed by atoms with Crippen LogP contribution >= 0.6 is 0 Å². The summed E-state index contributed by atoms with van der Waals surface area (Å²) in [5, 5.41) is 12.3. The molecule has 1 aromatic rings. The van der Waals surface area contributed by atoms with Crippen molar-refractivity contribution in [2.45, 2.75) is 39.2 Å². The molecule has 3 unspecified atom stereocenters. The van der Waals surface area contributed by atoms with Gasteiger partial charge in [0.15, 0.2) is 0 Å². The lowest BCUT2D eigenvalue weighted by atomic mass is 9.79. The Morgan fingerprint density at radius 3 is 2.44 bits per heavy atom. The third-order valence-corrected chi connectivity index (χ3v) is 4.06. The van der Waals surface area contributed by atoms with Gasteiger partial charge in [0.25, 0.3) is 5.91 Å². The van der Waals surface area contributed by atoms with Crippen molar-refractivity contribution in [2.75, 3.05) is 0 Å². The molecule has 1 fully saturated rings. The number of aromatic hydroxyl groups is 1. The van der Waals surface area contributed by atoms with E-state index < -0.39 is 0 Å². The van der Waals surface area contributed by atoms with Gasteiger partial charge in [0.05, 0.1) is 0 Å². The quantitative estimate of drug-likeness (QED) is 0.844. The van der Waals surface area contributed by atoms with Crippen LogP contribution in [-0.4, -0.2) is 17.1 Å². The fraction of sp³-hybridized carbons (Fsp3) is 0.533. The van der Waals surface area contributed by atoms with E-state index >= 15 is 0 Å². The molecule has 0 bridgehead atoms. The van der Waals surface area contributed by atoms with E-state index in [-0.39, 0.29) is 17.7 Å². The van der Waals surface area contributed by atoms with Gasteiger partial charge in [0.2, 0.25) is 0 Å². The molecule has 0 spiro atoms. The molecule has 3 nitrogen and oxygen atoms in total. The summed E-state index contributed by atoms with van der Waals surface area (Å²) >= 11 is 0. The molecule has 98 valence electrons. The van der Waals surface area contributed by atoms with E-state index in [2.05, 4.69) is 19.2 Å². The highest BCUT2D eigenvalue weighted by Gasteiger charge is 2.25. The Bertz CT molecular complexity index is 413. The van der Waals surface area contributed by atoms with E-state index in [1.165, 1.54) is 6.42 Å². The van der Waals surface area contributed by atoms with E-state index in [4.69, 9.17) is 0 Å². The number of hydrogen-bond acceptors (Lipinski definition) is 2. The first-order valence-electron chi connectivity index (χ1n) is 6.66. The Kier molecular flexibility index (Phi) is 3.90. The highest BCUT2D eigenvalue weighted by atomic mass is 16.3. The number of carbonyl (C=O) groups excluding carboxylic acids is 1. The maximum absolute atomic E-state index is 12.0. The topological polar surface area (TPSA) is 49.3 Å². The maximum Gasteiger partial charge on any atom is 0.251 e. The minimum atomic E-state index is -0.0400. The summed E-state index contributed by atoms with van der Waals surface area (Å²) < 4.78 is 0. The van der Waals surface area contributed by atoms with Gasteiger partial charge in [-0.1, -0.05) is 13.8 Å². The molecule has 0 saturated heterocycles. The van der Waals surface area contributed by atoms with E-state index in [0.29, 0.717) is 11.5 Å². The van der Waals surface area contributed by atoms with Gasteiger partial charge in [0, 0.05) is 11.6 Å². The molecule has 1 amide bonds. The van der Waals surface area contributed by atoms with Gasteiger partial charge in [-0.15, -0.1) is 0 Å². The Morgan fingerprint density at radius 2 is 1.83 bits per heavy atom. The monoisotopic (exact) mass is 247 g/mol. The molecule has 2 N–H and O–H groups in total. The summed E-state index contributed by atoms with van der Waals surface area (Å²) in [4.78, 5) is 12.0. The molecule has 0 heterocycles. The van der Waals surface area contributed by atoms with Crippen LogP contribution < -0.4 is 5.32 Å². The van der Waals surface area contributed by atoms with Crippen LogP contribution in [0.15, 0.2) is 24.3 Å². The van der Waals surface area contributed by atoms with Gasteiger partial charge >= 0.3 is 0 Å². The van der Waals surface area contributed by atoms with Crippen LogP contribution in [0.5, 0.6) is 5.75 Å². The lowest BCUT2D eigenvalue weighted by Crippen LogP contribution is -2.39. The first kappa shape index (κ1) is 12.9. The predicted octanol–water partition coefficient (Wildman–Crippen LogP) is 2.95. The summed E-state index contributed by atoms with van der Waals surface area (Å²) in [5.74, 6) is 1.57. The highest BCUT2D eigenvalue weighted by Crippen LogP contribution is 2.29. The van der Waals surface area contributed by atoms with Crippen molar-refractivity contribution in [3.05, 3.63) is 29.8 Å². The number of hydrogen-bond donors (Lipinski definition) is 2. The SMILES string of the molecule is CC1CCC(NC(=O)c2ccc(O)cc2)CC1C. The van der Waals surface area contributed by atoms with Crippen LogP contribution in [-0.2, 0) is 0 Å². The second-order valence-corrected chi connectivity index (χ2v) is 5.48. The standard InChI is InChI=1S/C15H21NO2/c1-10-3-6-13(9-11(10)2)16-15(18)12-4-7-14(17)8-5-12/h4-5,7-8,10-11,13,17H,3,6,9H2,1-2H3,(H,16,18). The minimum absolute atomic E-state index is 0.0400. The smallest absolute Gasteiger partial charge is 0.251 e. The molecule has 0 radical (unpaired) electrons. The Hall–Kier alpha value is -1.51. The Balaban J connectivity index is 1.93. The molecule has 2 rings (SSSR count). The van der Waals surface area contributed by atoms with Crippen LogP contribution in [0.25, 0.3) is 0 Å². The summed E-state index contributed by atoms with van der Waals surface area (Å²) in [5.41, 5.74) is 0.610. The summed E-state index contributed by atoms with van der Waals surface area (Å²) in [7, 11) is 0. The zero-order valence-corrected chi connectivity index (χ0v) is 11.0. The van der Waals surface area contributed by atoms with Crippen LogP contribution in [0.1, 0.15) is 43.5 Å². The first-order chi connectivity index (χ1) is 8.56. The normalized spacial score (nSPS) is 27.8. The number of carbonyl (C=O) groups is 1. The van der Waals surface area contributed by atoms with E-state index in [9.17, 15) is 9.90 Å². The molecule has 1 aliphatic carbocycles. The third-order valence-electron chi connectivity index (χ3n) is 4.06. The second-order valence-electron chi connectivity index (χ2n) is 5.48. The van der Waals surface area contributed by atoms with Crippen LogP contribution in [0.2, 0.25) is 0 Å². The molecule has 0 aliphatic heterocycles. The Labute approximate surface area is 108 Å². The number of rotatable bonds is 2. The van der Waals surface area contributed by atoms with Crippen LogP contribution in [0.4, 0.5) is 0 Å². The van der Waals surface area contributed by atoms with Gasteiger partial charge in [-0.25, -0.2) is 0 Å². The minimum Gasteiger partial charge on any atom is -0.508 e. The number of phenols is 1. The van der Waals surface area contributed by atoms with Gasteiger partial charge in [0.1, 0.15) is 5.75 Å². The molecule has 1 aromatic carbocycles. The molecule has 1 saturated carbocycles. The Morgan fingerprint density at radius 1 is 1.17 bits per heavy atom. The van der Waals surface area contributed by atoms with Gasteiger partial charge in [-0.2, -0.15) is 0 Å². The third kappa shape index (κ3) is 3.03. The first-order valence-corrected chi connectivity index (χ1v) is 6.66. The molecular formula is C15H21NO2. The maximum atomic E-state index is 12.0. The van der Waals surface area contributed by atoms with Crippen molar-refractivity contribution in [1.82, 2.24) is 5.32 Å². The van der Waals surface area contributed by atoms with Gasteiger partial charge < -0.3 is 10.4 Å². The number of benzene rings is 1. The average molecular weight is 247 g/mol. The zero-order chi connectivity index (χ0) is 13.1. The van der Waals surface area contributed by atoms with Crippen molar-refractivity contribution >= 4 is 5.91 Å². The number of phenolic OH excluding ortho intramolecular Hbond substituents is 1. The predicted molar refractivity (Wildman–Crippen MR) is 71.5 cm³/mol. The van der Waals surface area contributed by atoms with Crippen molar-refractivity contribution in [3.63, 3.8) is 0 Å². The van der Waals surface area contributed by atoms with Crippen molar-refractivity contribution < 1.29 is 9.90 Å². The van der Waals surface area contributed by atoms with Gasteiger partial charge in [-0.3, -0.25) is 4.79 Å². The second kappa shape index (κ2) is 5.42. The van der Waals surface area contributed by atoms with E-state index in [1.807, 2.05) is 0 Å². The van der Waals surface area contributed by atoms with Crippen molar-refractivity contribution in [1.29, 1.82) is 0 Å². The molecule has 18 heavy (non-hydrogen) atoms. The molecule has 1 aliphatic rings. The van der Waals surface area contributed by atoms with Crippen molar-refractivity contribution in [3.8, 4) is 5.75 Å². The summed E-state index contributed by atoms with van der Waals surface area (Å²) in [6.07, 6.45) is 3.31. The van der Waals surface area contributed by atoms with Crippen LogP contribution in [0.3, 0.4) is 0 Å². The fourth-order valence-electron chi connectivity index (χ4n) is 2.56. The molecule has 3 atom stereocenters. The van der Waals surface area contributed by atoms with E-state index in [1.54, 1.807) is 24.3 Å². The molecular weight excluding hydrogens is 226 g/mol. The number of nitrogens with one attached hydrogen (secondary N) is 1. The lowest BCUT2D eigenvalue weighted by Gasteiger charge is -2.32. The lowest BCUT2D eigenvalue weighted by molar-refractivity contribution is 0.0910. The summed E-state index contributed by atoms with van der Waals surface area (Å²) in [6, 6.07) is 6.68. The number of amides is 1. The van der Waals surface area contributed by atoms with Crippen LogP contribution in [0, 0.1) is 11.8 Å². The molecule has 3 heteroatoms. The fourth-order valence-corrected chi connectivity index (χ4v) is 2.56. The largest absolute Gasteiger partial charge is 0.508 e. The van der Waals surface area contributed by atoms with Crippen molar-refractivity contribution in [2.24, 2.45) is 11.8 Å². The molecule has 0 aromatic heterocycles. The average Bonchev–Trinajstić information content (AvgIpc) is 2.34.